The van der Waals surface area contributed by atoms with Gasteiger partial charge in [-0.1, -0.05) is 13.8 Å². The summed E-state index contributed by atoms with van der Waals surface area (Å²) in [6, 6.07) is 0.113. The Morgan fingerprint density at radius 3 is 2.72 bits per heavy atom. The summed E-state index contributed by atoms with van der Waals surface area (Å²) >= 11 is 0. The summed E-state index contributed by atoms with van der Waals surface area (Å²) in [5.41, 5.74) is 7.70. The number of hydrogen-bond acceptors (Lipinski definition) is 3. The highest BCUT2D eigenvalue weighted by Crippen LogP contribution is 2.33. The lowest BCUT2D eigenvalue weighted by atomic mass is 9.80. The molecule has 4 heteroatoms. The molecule has 0 aliphatic carbocycles. The van der Waals surface area contributed by atoms with Gasteiger partial charge < -0.3 is 15.2 Å². The summed E-state index contributed by atoms with van der Waals surface area (Å²) in [4.78, 5) is 6.69. The first-order valence-corrected chi connectivity index (χ1v) is 6.98. The van der Waals surface area contributed by atoms with Crippen molar-refractivity contribution in [1.82, 2.24) is 14.5 Å². The molecule has 2 rings (SSSR count). The van der Waals surface area contributed by atoms with Crippen molar-refractivity contribution in [2.24, 2.45) is 11.1 Å². The van der Waals surface area contributed by atoms with Crippen LogP contribution < -0.4 is 5.73 Å². The molecule has 1 aliphatic rings. The maximum absolute atomic E-state index is 6.14. The van der Waals surface area contributed by atoms with Crippen LogP contribution in [0.15, 0.2) is 12.5 Å². The van der Waals surface area contributed by atoms with Crippen LogP contribution in [0.5, 0.6) is 0 Å². The van der Waals surface area contributed by atoms with Crippen molar-refractivity contribution in [2.45, 2.75) is 45.7 Å². The fraction of sp³-hybridized carbons (Fsp3) is 0.786. The van der Waals surface area contributed by atoms with Crippen LogP contribution in [0.1, 0.15) is 44.8 Å². The Morgan fingerprint density at radius 2 is 2.11 bits per heavy atom. The second kappa shape index (κ2) is 5.41. The van der Waals surface area contributed by atoms with E-state index in [0.717, 1.165) is 13.0 Å². The van der Waals surface area contributed by atoms with E-state index in [2.05, 4.69) is 35.3 Å². The number of likely N-dealkylation sites (tertiary alicyclic amines) is 1. The third-order valence-electron chi connectivity index (χ3n) is 4.31. The van der Waals surface area contributed by atoms with E-state index >= 15 is 0 Å². The third-order valence-corrected chi connectivity index (χ3v) is 4.31. The number of rotatable bonds is 4. The van der Waals surface area contributed by atoms with Gasteiger partial charge in [0.2, 0.25) is 0 Å². The summed E-state index contributed by atoms with van der Waals surface area (Å²) in [5.74, 6) is 0. The predicted octanol–water partition coefficient (Wildman–Crippen LogP) is 2.02. The van der Waals surface area contributed by atoms with E-state index in [1.165, 1.54) is 31.6 Å². The SMILES string of the molecule is CC[C@@H](N)c1cncn1CC1(C)CCN(C)CC1. The molecule has 102 valence electrons. The molecule has 1 saturated heterocycles. The van der Waals surface area contributed by atoms with Gasteiger partial charge in [0.15, 0.2) is 0 Å². The summed E-state index contributed by atoms with van der Waals surface area (Å²) in [6.07, 6.45) is 7.33. The maximum Gasteiger partial charge on any atom is 0.0948 e. The zero-order chi connectivity index (χ0) is 13.2. The van der Waals surface area contributed by atoms with Gasteiger partial charge in [-0.05, 0) is 44.8 Å². The lowest BCUT2D eigenvalue weighted by Crippen LogP contribution is -2.39. The number of piperidine rings is 1. The minimum Gasteiger partial charge on any atom is -0.333 e. The predicted molar refractivity (Wildman–Crippen MR) is 74.3 cm³/mol. The molecule has 1 aromatic rings. The first-order chi connectivity index (χ1) is 8.54. The Bertz CT molecular complexity index is 377. The lowest BCUT2D eigenvalue weighted by molar-refractivity contribution is 0.119. The van der Waals surface area contributed by atoms with E-state index in [4.69, 9.17) is 5.73 Å². The van der Waals surface area contributed by atoms with Gasteiger partial charge in [-0.3, -0.25) is 0 Å². The fourth-order valence-corrected chi connectivity index (χ4v) is 2.71. The Labute approximate surface area is 110 Å². The third kappa shape index (κ3) is 2.93. The first-order valence-electron chi connectivity index (χ1n) is 6.98. The molecule has 4 nitrogen and oxygen atoms in total. The van der Waals surface area contributed by atoms with Crippen molar-refractivity contribution < 1.29 is 0 Å². The van der Waals surface area contributed by atoms with Crippen molar-refractivity contribution >= 4 is 0 Å². The Hall–Kier alpha value is -0.870. The van der Waals surface area contributed by atoms with Gasteiger partial charge in [-0.2, -0.15) is 0 Å². The van der Waals surface area contributed by atoms with Crippen LogP contribution in [0, 0.1) is 5.41 Å². The van der Waals surface area contributed by atoms with E-state index in [0.29, 0.717) is 5.41 Å². The van der Waals surface area contributed by atoms with E-state index in [1.807, 2.05) is 12.5 Å². The molecule has 18 heavy (non-hydrogen) atoms. The van der Waals surface area contributed by atoms with Crippen LogP contribution >= 0.6 is 0 Å². The standard InChI is InChI=1S/C14H26N4/c1-4-12(15)13-9-16-11-18(13)10-14(2)5-7-17(3)8-6-14/h9,11-12H,4-8,10,15H2,1-3H3/t12-/m1/s1. The van der Waals surface area contributed by atoms with E-state index < -0.39 is 0 Å². The molecule has 2 heterocycles. The van der Waals surface area contributed by atoms with Crippen molar-refractivity contribution in [3.8, 4) is 0 Å². The normalized spacial score (nSPS) is 22.0. The van der Waals surface area contributed by atoms with E-state index in [1.54, 1.807) is 0 Å². The monoisotopic (exact) mass is 250 g/mol. The quantitative estimate of drug-likeness (QED) is 0.889. The molecule has 0 radical (unpaired) electrons. The molecule has 0 bridgehead atoms. The van der Waals surface area contributed by atoms with Crippen LogP contribution in [-0.2, 0) is 6.54 Å². The fourth-order valence-electron chi connectivity index (χ4n) is 2.71. The molecule has 0 saturated carbocycles. The Morgan fingerprint density at radius 1 is 1.44 bits per heavy atom. The molecule has 0 unspecified atom stereocenters. The molecule has 2 N–H and O–H groups in total. The highest BCUT2D eigenvalue weighted by molar-refractivity contribution is 5.05. The highest BCUT2D eigenvalue weighted by Gasteiger charge is 2.30. The van der Waals surface area contributed by atoms with Gasteiger partial charge in [-0.25, -0.2) is 4.98 Å². The summed E-state index contributed by atoms with van der Waals surface area (Å²) < 4.78 is 2.26. The Kier molecular flexibility index (Phi) is 4.07. The van der Waals surface area contributed by atoms with Gasteiger partial charge in [0.05, 0.1) is 12.0 Å². The van der Waals surface area contributed by atoms with Gasteiger partial charge in [0.25, 0.3) is 0 Å². The molecule has 1 fully saturated rings. The van der Waals surface area contributed by atoms with Crippen molar-refractivity contribution in [3.05, 3.63) is 18.2 Å². The molecule has 1 aliphatic heterocycles. The van der Waals surface area contributed by atoms with Crippen LogP contribution in [0.25, 0.3) is 0 Å². The molecule has 1 aromatic heterocycles. The Balaban J connectivity index is 2.07. The maximum atomic E-state index is 6.14. The van der Waals surface area contributed by atoms with Crippen LogP contribution in [0.3, 0.4) is 0 Å². The summed E-state index contributed by atoms with van der Waals surface area (Å²) in [6.45, 7) is 7.95. The van der Waals surface area contributed by atoms with Crippen molar-refractivity contribution in [2.75, 3.05) is 20.1 Å². The van der Waals surface area contributed by atoms with Crippen LogP contribution in [-0.4, -0.2) is 34.6 Å². The average Bonchev–Trinajstić information content (AvgIpc) is 2.80. The summed E-state index contributed by atoms with van der Waals surface area (Å²) in [5, 5.41) is 0. The number of imidazole rings is 1. The summed E-state index contributed by atoms with van der Waals surface area (Å²) in [7, 11) is 2.20. The number of aromatic nitrogens is 2. The lowest BCUT2D eigenvalue weighted by Gasteiger charge is -2.38. The number of hydrogen-bond donors (Lipinski definition) is 1. The van der Waals surface area contributed by atoms with Crippen LogP contribution in [0.4, 0.5) is 0 Å². The molecule has 0 spiro atoms. The van der Waals surface area contributed by atoms with E-state index in [9.17, 15) is 0 Å². The topological polar surface area (TPSA) is 47.1 Å². The second-order valence-corrected chi connectivity index (χ2v) is 6.08. The first kappa shape index (κ1) is 13.6. The minimum atomic E-state index is 0.113. The average molecular weight is 250 g/mol. The van der Waals surface area contributed by atoms with Gasteiger partial charge in [-0.15, -0.1) is 0 Å². The minimum absolute atomic E-state index is 0.113. The smallest absolute Gasteiger partial charge is 0.0948 e. The van der Waals surface area contributed by atoms with Gasteiger partial charge in [0.1, 0.15) is 0 Å². The van der Waals surface area contributed by atoms with Gasteiger partial charge in [0, 0.05) is 18.8 Å². The molecule has 1 atom stereocenters. The van der Waals surface area contributed by atoms with Gasteiger partial charge >= 0.3 is 0 Å². The molecule has 0 amide bonds. The highest BCUT2D eigenvalue weighted by atomic mass is 15.1. The number of nitrogens with two attached hydrogens (primary N) is 1. The van der Waals surface area contributed by atoms with Crippen molar-refractivity contribution in [3.63, 3.8) is 0 Å². The molecule has 0 aromatic carbocycles. The second-order valence-electron chi connectivity index (χ2n) is 6.08. The van der Waals surface area contributed by atoms with Crippen LogP contribution in [0.2, 0.25) is 0 Å². The van der Waals surface area contributed by atoms with E-state index in [-0.39, 0.29) is 6.04 Å². The zero-order valence-corrected chi connectivity index (χ0v) is 11.9. The number of nitrogens with zero attached hydrogens (tertiary/aromatic N) is 3. The van der Waals surface area contributed by atoms with Crippen molar-refractivity contribution in [1.29, 1.82) is 0 Å². The largest absolute Gasteiger partial charge is 0.333 e. The molecular weight excluding hydrogens is 224 g/mol. The molecular formula is C14H26N4. The zero-order valence-electron chi connectivity index (χ0n) is 11.9.